The van der Waals surface area contributed by atoms with E-state index in [2.05, 4.69) is 32.7 Å². The second-order valence-electron chi connectivity index (χ2n) is 4.38. The van der Waals surface area contributed by atoms with E-state index in [9.17, 15) is 5.11 Å². The first kappa shape index (κ1) is 12.6. The molecule has 0 aromatic carbocycles. The zero-order valence-electron chi connectivity index (χ0n) is 9.29. The van der Waals surface area contributed by atoms with Crippen molar-refractivity contribution in [2.75, 3.05) is 0 Å². The Morgan fingerprint density at radius 3 is 2.94 bits per heavy atom. The van der Waals surface area contributed by atoms with E-state index in [1.54, 1.807) is 11.3 Å². The summed E-state index contributed by atoms with van der Waals surface area (Å²) in [6, 6.07) is 2.35. The van der Waals surface area contributed by atoms with Crippen molar-refractivity contribution in [1.29, 1.82) is 0 Å². The van der Waals surface area contributed by atoms with Gasteiger partial charge in [0.2, 0.25) is 0 Å². The van der Waals surface area contributed by atoms with Gasteiger partial charge in [-0.2, -0.15) is 0 Å². The number of nitrogens with one attached hydrogen (secondary N) is 1. The van der Waals surface area contributed by atoms with Crippen LogP contribution in [0.4, 0.5) is 0 Å². The SMILES string of the molecule is OC1CCCCCC1NCc1sccc1Br. The topological polar surface area (TPSA) is 32.3 Å². The molecule has 2 atom stereocenters. The van der Waals surface area contributed by atoms with Crippen LogP contribution >= 0.6 is 27.3 Å². The molecular weight excluding hydrogens is 286 g/mol. The van der Waals surface area contributed by atoms with E-state index < -0.39 is 0 Å². The van der Waals surface area contributed by atoms with Crippen LogP contribution in [0.3, 0.4) is 0 Å². The Kier molecular flexibility index (Phi) is 4.82. The molecule has 1 saturated carbocycles. The molecule has 1 aromatic heterocycles. The van der Waals surface area contributed by atoms with Gasteiger partial charge in [0.05, 0.1) is 6.10 Å². The minimum atomic E-state index is -0.166. The van der Waals surface area contributed by atoms with Crippen molar-refractivity contribution in [3.8, 4) is 0 Å². The molecule has 1 heterocycles. The molecule has 2 N–H and O–H groups in total. The van der Waals surface area contributed by atoms with Crippen LogP contribution in [0.5, 0.6) is 0 Å². The van der Waals surface area contributed by atoms with E-state index in [-0.39, 0.29) is 12.1 Å². The molecule has 2 unspecified atom stereocenters. The Labute approximate surface area is 109 Å². The fourth-order valence-electron chi connectivity index (χ4n) is 2.20. The fraction of sp³-hybridized carbons (Fsp3) is 0.667. The van der Waals surface area contributed by atoms with Gasteiger partial charge in [0, 0.05) is 21.9 Å². The van der Waals surface area contributed by atoms with Crippen molar-refractivity contribution in [1.82, 2.24) is 5.32 Å². The maximum Gasteiger partial charge on any atom is 0.0693 e. The van der Waals surface area contributed by atoms with Crippen LogP contribution in [-0.2, 0) is 6.54 Å². The van der Waals surface area contributed by atoms with Crippen LogP contribution in [0, 0.1) is 0 Å². The highest BCUT2D eigenvalue weighted by atomic mass is 79.9. The van der Waals surface area contributed by atoms with Crippen molar-refractivity contribution >= 4 is 27.3 Å². The summed E-state index contributed by atoms with van der Waals surface area (Å²) >= 11 is 5.28. The predicted octanol–water partition coefficient (Wildman–Crippen LogP) is 3.29. The number of aliphatic hydroxyl groups is 1. The molecule has 1 aromatic rings. The zero-order chi connectivity index (χ0) is 11.4. The highest BCUT2D eigenvalue weighted by Crippen LogP contribution is 2.24. The standard InChI is InChI=1S/C12H18BrNOS/c13-9-6-7-16-12(9)8-14-10-4-2-1-3-5-11(10)15/h6-7,10-11,14-15H,1-5,8H2. The lowest BCUT2D eigenvalue weighted by molar-refractivity contribution is 0.119. The molecule has 16 heavy (non-hydrogen) atoms. The molecule has 1 fully saturated rings. The van der Waals surface area contributed by atoms with Gasteiger partial charge < -0.3 is 10.4 Å². The van der Waals surface area contributed by atoms with Crippen molar-refractivity contribution < 1.29 is 5.11 Å². The Balaban J connectivity index is 1.86. The minimum absolute atomic E-state index is 0.166. The fourth-order valence-corrected chi connectivity index (χ4v) is 3.64. The summed E-state index contributed by atoms with van der Waals surface area (Å²) in [5.41, 5.74) is 0. The molecule has 0 aliphatic heterocycles. The summed E-state index contributed by atoms with van der Waals surface area (Å²) in [6.45, 7) is 0.861. The molecule has 0 radical (unpaired) electrons. The summed E-state index contributed by atoms with van der Waals surface area (Å²) in [6.07, 6.45) is 5.55. The third-order valence-corrected chi connectivity index (χ3v) is 5.12. The molecule has 1 aliphatic carbocycles. The summed E-state index contributed by atoms with van der Waals surface area (Å²) < 4.78 is 1.17. The van der Waals surface area contributed by atoms with E-state index >= 15 is 0 Å². The van der Waals surface area contributed by atoms with Gasteiger partial charge >= 0.3 is 0 Å². The normalized spacial score (nSPS) is 26.6. The molecule has 0 saturated heterocycles. The van der Waals surface area contributed by atoms with E-state index in [1.807, 2.05) is 0 Å². The molecule has 90 valence electrons. The smallest absolute Gasteiger partial charge is 0.0693 e. The lowest BCUT2D eigenvalue weighted by atomic mass is 10.1. The van der Waals surface area contributed by atoms with Gasteiger partial charge in [-0.3, -0.25) is 0 Å². The van der Waals surface area contributed by atoms with Crippen LogP contribution in [0.1, 0.15) is 37.0 Å². The Hall–Kier alpha value is 0.100. The lowest BCUT2D eigenvalue weighted by Gasteiger charge is -2.21. The number of halogens is 1. The molecule has 0 bridgehead atoms. The van der Waals surface area contributed by atoms with Crippen molar-refractivity contribution in [2.24, 2.45) is 0 Å². The number of hydrogen-bond donors (Lipinski definition) is 2. The average Bonchev–Trinajstić information content (AvgIpc) is 2.56. The summed E-state index contributed by atoms with van der Waals surface area (Å²) in [7, 11) is 0. The Bertz CT molecular complexity index is 329. The van der Waals surface area contributed by atoms with E-state index in [1.165, 1.54) is 28.6 Å². The first-order chi connectivity index (χ1) is 7.77. The van der Waals surface area contributed by atoms with Crippen molar-refractivity contribution in [3.05, 3.63) is 20.8 Å². The predicted molar refractivity (Wildman–Crippen MR) is 71.7 cm³/mol. The largest absolute Gasteiger partial charge is 0.392 e. The Morgan fingerprint density at radius 2 is 2.19 bits per heavy atom. The molecule has 0 spiro atoms. The highest BCUT2D eigenvalue weighted by molar-refractivity contribution is 9.10. The van der Waals surface area contributed by atoms with Gasteiger partial charge in [0.25, 0.3) is 0 Å². The molecule has 0 amide bonds. The first-order valence-corrected chi connectivity index (χ1v) is 7.58. The first-order valence-electron chi connectivity index (χ1n) is 5.90. The molecule has 2 rings (SSSR count). The second-order valence-corrected chi connectivity index (χ2v) is 6.24. The summed E-state index contributed by atoms with van der Waals surface area (Å²) in [4.78, 5) is 1.32. The minimum Gasteiger partial charge on any atom is -0.392 e. The third-order valence-electron chi connectivity index (χ3n) is 3.20. The molecule has 1 aliphatic rings. The van der Waals surface area contributed by atoms with Crippen LogP contribution < -0.4 is 5.32 Å². The molecule has 4 heteroatoms. The number of rotatable bonds is 3. The quantitative estimate of drug-likeness (QED) is 0.840. The Morgan fingerprint density at radius 1 is 1.38 bits per heavy atom. The molecular formula is C12H18BrNOS. The van der Waals surface area contributed by atoms with Crippen molar-refractivity contribution in [3.63, 3.8) is 0 Å². The monoisotopic (exact) mass is 303 g/mol. The number of hydrogen-bond acceptors (Lipinski definition) is 3. The van der Waals surface area contributed by atoms with Crippen LogP contribution in [0.15, 0.2) is 15.9 Å². The van der Waals surface area contributed by atoms with Crippen LogP contribution in [0.2, 0.25) is 0 Å². The maximum atomic E-state index is 9.98. The third kappa shape index (κ3) is 3.29. The van der Waals surface area contributed by atoms with Gasteiger partial charge in [0.1, 0.15) is 0 Å². The maximum absolute atomic E-state index is 9.98. The second kappa shape index (κ2) is 6.15. The number of aliphatic hydroxyl groups excluding tert-OH is 1. The van der Waals surface area contributed by atoms with E-state index in [0.29, 0.717) is 0 Å². The van der Waals surface area contributed by atoms with Crippen molar-refractivity contribution in [2.45, 2.75) is 50.8 Å². The van der Waals surface area contributed by atoms with Gasteiger partial charge in [-0.15, -0.1) is 11.3 Å². The van der Waals surface area contributed by atoms with Crippen LogP contribution in [-0.4, -0.2) is 17.3 Å². The van der Waals surface area contributed by atoms with E-state index in [4.69, 9.17) is 0 Å². The average molecular weight is 304 g/mol. The van der Waals surface area contributed by atoms with E-state index in [0.717, 1.165) is 19.4 Å². The van der Waals surface area contributed by atoms with Gasteiger partial charge in [-0.1, -0.05) is 19.3 Å². The summed E-state index contributed by atoms with van der Waals surface area (Å²) in [5, 5.41) is 15.5. The van der Waals surface area contributed by atoms with Gasteiger partial charge in [-0.25, -0.2) is 0 Å². The number of thiophene rings is 1. The van der Waals surface area contributed by atoms with Gasteiger partial charge in [0.15, 0.2) is 0 Å². The highest BCUT2D eigenvalue weighted by Gasteiger charge is 2.21. The van der Waals surface area contributed by atoms with Gasteiger partial charge in [-0.05, 0) is 40.2 Å². The zero-order valence-corrected chi connectivity index (χ0v) is 11.7. The lowest BCUT2D eigenvalue weighted by Crippen LogP contribution is -2.38. The summed E-state index contributed by atoms with van der Waals surface area (Å²) in [5.74, 6) is 0. The van der Waals surface area contributed by atoms with Crippen LogP contribution in [0.25, 0.3) is 0 Å². The molecule has 2 nitrogen and oxygen atoms in total.